The Labute approximate surface area is 131 Å². The number of hydrogen-bond donors (Lipinski definition) is 1. The van der Waals surface area contributed by atoms with Crippen molar-refractivity contribution in [2.45, 2.75) is 6.54 Å². The smallest absolute Gasteiger partial charge is 0.264 e. The first kappa shape index (κ1) is 14.3. The van der Waals surface area contributed by atoms with Crippen molar-refractivity contribution in [3.63, 3.8) is 0 Å². The van der Waals surface area contributed by atoms with Crippen LogP contribution in [0.5, 0.6) is 5.75 Å². The quantitative estimate of drug-likeness (QED) is 0.758. The highest BCUT2D eigenvalue weighted by Gasteiger charge is 2.05. The molecule has 2 aromatic heterocycles. The molecule has 0 bridgehead atoms. The van der Waals surface area contributed by atoms with Crippen LogP contribution < -0.4 is 10.1 Å². The Morgan fingerprint density at radius 1 is 1.27 bits per heavy atom. The van der Waals surface area contributed by atoms with Crippen LogP contribution in [0, 0.1) is 0 Å². The molecule has 0 saturated carbocycles. The zero-order valence-corrected chi connectivity index (χ0v) is 12.5. The standard InChI is InChI=1S/C15H14N4O2S/c20-14(18-15-17-6-8-22-15)10-21-13-3-1-12(2-4-13)9-19-7-5-16-11-19/h1-8,11H,9-10H2,(H,17,18,20). The van der Waals surface area contributed by atoms with Gasteiger partial charge in [-0.05, 0) is 17.7 Å². The molecule has 0 aliphatic carbocycles. The number of benzene rings is 1. The molecule has 1 amide bonds. The van der Waals surface area contributed by atoms with Crippen LogP contribution in [-0.4, -0.2) is 27.0 Å². The lowest BCUT2D eigenvalue weighted by molar-refractivity contribution is -0.118. The Morgan fingerprint density at radius 2 is 2.14 bits per heavy atom. The van der Waals surface area contributed by atoms with Gasteiger partial charge in [-0.1, -0.05) is 12.1 Å². The second-order valence-corrected chi connectivity index (χ2v) is 5.45. The maximum absolute atomic E-state index is 11.7. The third kappa shape index (κ3) is 3.92. The van der Waals surface area contributed by atoms with Gasteiger partial charge in [0.1, 0.15) is 5.75 Å². The Morgan fingerprint density at radius 3 is 2.82 bits per heavy atom. The predicted octanol–water partition coefficient (Wildman–Crippen LogP) is 2.41. The molecule has 0 unspecified atom stereocenters. The lowest BCUT2D eigenvalue weighted by Gasteiger charge is -2.07. The number of aromatic nitrogens is 3. The summed E-state index contributed by atoms with van der Waals surface area (Å²) in [5, 5.41) is 5.04. The third-order valence-electron chi connectivity index (χ3n) is 2.90. The molecule has 0 fully saturated rings. The molecule has 0 spiro atoms. The van der Waals surface area contributed by atoms with Crippen molar-refractivity contribution in [3.8, 4) is 5.75 Å². The summed E-state index contributed by atoms with van der Waals surface area (Å²) < 4.78 is 7.44. The van der Waals surface area contributed by atoms with Crippen LogP contribution in [0.4, 0.5) is 5.13 Å². The predicted molar refractivity (Wildman–Crippen MR) is 84.0 cm³/mol. The summed E-state index contributed by atoms with van der Waals surface area (Å²) in [7, 11) is 0. The van der Waals surface area contributed by atoms with E-state index in [1.54, 1.807) is 24.1 Å². The number of rotatable bonds is 6. The lowest BCUT2D eigenvalue weighted by atomic mass is 10.2. The van der Waals surface area contributed by atoms with E-state index in [0.29, 0.717) is 10.9 Å². The topological polar surface area (TPSA) is 69.0 Å². The maximum atomic E-state index is 11.7. The summed E-state index contributed by atoms with van der Waals surface area (Å²) >= 11 is 1.37. The fourth-order valence-corrected chi connectivity index (χ4v) is 2.42. The third-order valence-corrected chi connectivity index (χ3v) is 3.58. The van der Waals surface area contributed by atoms with Gasteiger partial charge >= 0.3 is 0 Å². The van der Waals surface area contributed by atoms with E-state index in [4.69, 9.17) is 4.74 Å². The number of thiazole rings is 1. The van der Waals surface area contributed by atoms with Gasteiger partial charge in [0, 0.05) is 30.5 Å². The van der Waals surface area contributed by atoms with Crippen molar-refractivity contribution < 1.29 is 9.53 Å². The second kappa shape index (κ2) is 6.86. The average molecular weight is 314 g/mol. The number of carbonyl (C=O) groups excluding carboxylic acids is 1. The monoisotopic (exact) mass is 314 g/mol. The Balaban J connectivity index is 1.49. The van der Waals surface area contributed by atoms with Gasteiger partial charge in [0.25, 0.3) is 5.91 Å². The number of ether oxygens (including phenoxy) is 1. The molecule has 0 aliphatic rings. The molecular weight excluding hydrogens is 300 g/mol. The van der Waals surface area contributed by atoms with Gasteiger partial charge in [0.05, 0.1) is 6.33 Å². The molecule has 2 heterocycles. The van der Waals surface area contributed by atoms with Crippen molar-refractivity contribution in [1.82, 2.24) is 14.5 Å². The van der Waals surface area contributed by atoms with E-state index in [2.05, 4.69) is 15.3 Å². The fraction of sp³-hybridized carbons (Fsp3) is 0.133. The number of nitrogens with zero attached hydrogens (tertiary/aromatic N) is 3. The first-order valence-electron chi connectivity index (χ1n) is 6.66. The summed E-state index contributed by atoms with van der Waals surface area (Å²) in [6.45, 7) is 0.714. The summed E-state index contributed by atoms with van der Waals surface area (Å²) in [6, 6.07) is 7.63. The summed E-state index contributed by atoms with van der Waals surface area (Å²) in [6.07, 6.45) is 7.07. The van der Waals surface area contributed by atoms with Crippen LogP contribution in [0.15, 0.2) is 54.6 Å². The Bertz CT molecular complexity index is 709. The fourth-order valence-electron chi connectivity index (χ4n) is 1.87. The molecule has 112 valence electrons. The van der Waals surface area contributed by atoms with E-state index in [9.17, 15) is 4.79 Å². The number of amides is 1. The number of hydrogen-bond acceptors (Lipinski definition) is 5. The summed E-state index contributed by atoms with van der Waals surface area (Å²) in [4.78, 5) is 19.7. The van der Waals surface area contributed by atoms with Crippen LogP contribution in [0.1, 0.15) is 5.56 Å². The van der Waals surface area contributed by atoms with E-state index >= 15 is 0 Å². The van der Waals surface area contributed by atoms with Gasteiger partial charge in [-0.2, -0.15) is 0 Å². The van der Waals surface area contributed by atoms with Gasteiger partial charge in [-0.3, -0.25) is 10.1 Å². The van der Waals surface area contributed by atoms with Gasteiger partial charge < -0.3 is 9.30 Å². The Hall–Kier alpha value is -2.67. The normalized spacial score (nSPS) is 10.4. The van der Waals surface area contributed by atoms with Crippen LogP contribution in [0.2, 0.25) is 0 Å². The molecule has 6 nitrogen and oxygen atoms in total. The Kier molecular flexibility index (Phi) is 4.45. The van der Waals surface area contributed by atoms with Crippen LogP contribution >= 0.6 is 11.3 Å². The molecule has 1 aromatic carbocycles. The van der Waals surface area contributed by atoms with Gasteiger partial charge in [0.2, 0.25) is 0 Å². The first-order chi connectivity index (χ1) is 10.8. The SMILES string of the molecule is O=C(COc1ccc(Cn2ccnc2)cc1)Nc1nccs1. The number of anilines is 1. The van der Waals surface area contributed by atoms with Crippen molar-refractivity contribution in [2.24, 2.45) is 0 Å². The van der Waals surface area contributed by atoms with E-state index in [-0.39, 0.29) is 12.5 Å². The second-order valence-electron chi connectivity index (χ2n) is 4.55. The van der Waals surface area contributed by atoms with E-state index < -0.39 is 0 Å². The van der Waals surface area contributed by atoms with Crippen molar-refractivity contribution >= 4 is 22.4 Å². The molecule has 3 aromatic rings. The van der Waals surface area contributed by atoms with Gasteiger partial charge in [0.15, 0.2) is 11.7 Å². The highest BCUT2D eigenvalue weighted by Crippen LogP contribution is 2.14. The van der Waals surface area contributed by atoms with E-state index in [1.165, 1.54) is 11.3 Å². The molecule has 0 atom stereocenters. The molecular formula is C15H14N4O2S. The van der Waals surface area contributed by atoms with Crippen molar-refractivity contribution in [1.29, 1.82) is 0 Å². The number of carbonyl (C=O) groups is 1. The average Bonchev–Trinajstić information content (AvgIpc) is 3.20. The minimum Gasteiger partial charge on any atom is -0.484 e. The molecule has 7 heteroatoms. The largest absolute Gasteiger partial charge is 0.484 e. The lowest BCUT2D eigenvalue weighted by Crippen LogP contribution is -2.19. The van der Waals surface area contributed by atoms with Crippen LogP contribution in [-0.2, 0) is 11.3 Å². The molecule has 0 aliphatic heterocycles. The molecule has 1 N–H and O–H groups in total. The zero-order valence-electron chi connectivity index (χ0n) is 11.7. The molecule has 0 saturated heterocycles. The maximum Gasteiger partial charge on any atom is 0.264 e. The van der Waals surface area contributed by atoms with E-state index in [0.717, 1.165) is 12.1 Å². The highest BCUT2D eigenvalue weighted by atomic mass is 32.1. The van der Waals surface area contributed by atoms with Gasteiger partial charge in [-0.15, -0.1) is 11.3 Å². The molecule has 0 radical (unpaired) electrons. The van der Waals surface area contributed by atoms with E-state index in [1.807, 2.05) is 35.0 Å². The molecule has 3 rings (SSSR count). The minimum absolute atomic E-state index is 0.0412. The highest BCUT2D eigenvalue weighted by molar-refractivity contribution is 7.13. The van der Waals surface area contributed by atoms with Crippen molar-refractivity contribution in [2.75, 3.05) is 11.9 Å². The van der Waals surface area contributed by atoms with Crippen molar-refractivity contribution in [3.05, 3.63) is 60.1 Å². The van der Waals surface area contributed by atoms with Crippen LogP contribution in [0.3, 0.4) is 0 Å². The van der Waals surface area contributed by atoms with Gasteiger partial charge in [-0.25, -0.2) is 9.97 Å². The summed E-state index contributed by atoms with van der Waals surface area (Å²) in [5.41, 5.74) is 1.14. The van der Waals surface area contributed by atoms with Crippen LogP contribution in [0.25, 0.3) is 0 Å². The summed E-state index contributed by atoms with van der Waals surface area (Å²) in [5.74, 6) is 0.432. The molecule has 22 heavy (non-hydrogen) atoms. The zero-order chi connectivity index (χ0) is 15.2. The number of imidazole rings is 1. The number of nitrogens with one attached hydrogen (secondary N) is 1. The first-order valence-corrected chi connectivity index (χ1v) is 7.54. The minimum atomic E-state index is -0.225.